The van der Waals surface area contributed by atoms with Gasteiger partial charge >= 0.3 is 11.9 Å². The van der Waals surface area contributed by atoms with Crippen molar-refractivity contribution in [1.82, 2.24) is 0 Å². The molecule has 0 bridgehead atoms. The predicted molar refractivity (Wildman–Crippen MR) is 174 cm³/mol. The number of phenolic OH excluding ortho intramolecular Hbond substituents is 2. The minimum absolute atomic E-state index is 0.206. The van der Waals surface area contributed by atoms with E-state index in [1.807, 2.05) is 72.8 Å². The number of benzene rings is 4. The SMILES string of the molecule is CCOC(=O)Cc1cccc(-c2cc(CCCCCCc3ccc(O)c(-c4cccc(CC(=O)OCC)c4)c3)ccc2O)c1. The average Bonchev–Trinajstić information content (AvgIpc) is 3.01. The lowest BCUT2D eigenvalue weighted by Crippen LogP contribution is -2.07. The fourth-order valence-electron chi connectivity index (χ4n) is 5.41. The van der Waals surface area contributed by atoms with Gasteiger partial charge in [-0.1, -0.05) is 73.5 Å². The fraction of sp³-hybridized carbons (Fsp3) is 0.316. The Labute approximate surface area is 260 Å². The van der Waals surface area contributed by atoms with E-state index in [0.29, 0.717) is 13.2 Å². The summed E-state index contributed by atoms with van der Waals surface area (Å²) in [7, 11) is 0. The number of rotatable bonds is 15. The molecule has 0 atom stereocenters. The van der Waals surface area contributed by atoms with Crippen LogP contribution in [0.15, 0.2) is 84.9 Å². The number of hydrogen-bond acceptors (Lipinski definition) is 6. The third kappa shape index (κ3) is 9.46. The number of phenols is 2. The Bertz CT molecular complexity index is 1440. The molecular weight excluding hydrogens is 552 g/mol. The molecule has 0 spiro atoms. The number of aromatic hydroxyl groups is 2. The summed E-state index contributed by atoms with van der Waals surface area (Å²) in [5.41, 5.74) is 7.34. The maximum Gasteiger partial charge on any atom is 0.310 e. The van der Waals surface area contributed by atoms with Crippen LogP contribution in [0.1, 0.15) is 61.8 Å². The van der Waals surface area contributed by atoms with E-state index < -0.39 is 0 Å². The van der Waals surface area contributed by atoms with Gasteiger partial charge in [-0.2, -0.15) is 0 Å². The van der Waals surface area contributed by atoms with E-state index in [9.17, 15) is 19.8 Å². The van der Waals surface area contributed by atoms with E-state index in [1.165, 1.54) is 11.1 Å². The summed E-state index contributed by atoms with van der Waals surface area (Å²) in [6.07, 6.45) is 6.51. The van der Waals surface area contributed by atoms with Crippen molar-refractivity contribution in [3.63, 3.8) is 0 Å². The third-order valence-corrected chi connectivity index (χ3v) is 7.59. The van der Waals surface area contributed by atoms with Crippen LogP contribution in [0.25, 0.3) is 22.3 Å². The number of unbranched alkanes of at least 4 members (excludes halogenated alkanes) is 3. The normalized spacial score (nSPS) is 10.9. The van der Waals surface area contributed by atoms with Gasteiger partial charge in [-0.3, -0.25) is 9.59 Å². The minimum Gasteiger partial charge on any atom is -0.507 e. The maximum absolute atomic E-state index is 11.9. The Morgan fingerprint density at radius 1 is 0.545 bits per heavy atom. The smallest absolute Gasteiger partial charge is 0.310 e. The summed E-state index contributed by atoms with van der Waals surface area (Å²) < 4.78 is 10.1. The molecule has 0 fully saturated rings. The number of hydrogen-bond donors (Lipinski definition) is 2. The molecule has 2 N–H and O–H groups in total. The number of ether oxygens (including phenoxy) is 2. The first-order valence-electron chi connectivity index (χ1n) is 15.5. The molecule has 0 aliphatic heterocycles. The molecule has 0 unspecified atom stereocenters. The first-order chi connectivity index (χ1) is 21.4. The average molecular weight is 595 g/mol. The number of carbonyl (C=O) groups is 2. The van der Waals surface area contributed by atoms with Crippen LogP contribution in [-0.4, -0.2) is 35.4 Å². The van der Waals surface area contributed by atoms with E-state index in [4.69, 9.17) is 9.47 Å². The van der Waals surface area contributed by atoms with Gasteiger partial charge < -0.3 is 19.7 Å². The van der Waals surface area contributed by atoms with Crippen LogP contribution < -0.4 is 0 Å². The Kier molecular flexibility index (Phi) is 12.0. The summed E-state index contributed by atoms with van der Waals surface area (Å²) in [5.74, 6) is -0.0702. The largest absolute Gasteiger partial charge is 0.507 e. The number of esters is 2. The fourth-order valence-corrected chi connectivity index (χ4v) is 5.41. The highest BCUT2D eigenvalue weighted by Crippen LogP contribution is 2.33. The molecule has 230 valence electrons. The Morgan fingerprint density at radius 2 is 0.977 bits per heavy atom. The predicted octanol–water partition coefficient (Wildman–Crippen LogP) is 7.99. The van der Waals surface area contributed by atoms with Gasteiger partial charge in [0, 0.05) is 11.1 Å². The molecule has 0 radical (unpaired) electrons. The highest BCUT2D eigenvalue weighted by Gasteiger charge is 2.11. The Hall–Kier alpha value is -4.58. The molecule has 0 saturated carbocycles. The zero-order valence-electron chi connectivity index (χ0n) is 25.7. The highest BCUT2D eigenvalue weighted by atomic mass is 16.5. The molecule has 0 aliphatic carbocycles. The van der Waals surface area contributed by atoms with Gasteiger partial charge in [0.1, 0.15) is 11.5 Å². The monoisotopic (exact) mass is 594 g/mol. The van der Waals surface area contributed by atoms with Crippen molar-refractivity contribution < 1.29 is 29.3 Å². The standard InChI is InChI=1S/C38H42O6/c1-3-43-37(41)25-29-13-9-15-31(21-29)33-23-27(17-19-35(33)39)11-7-5-6-8-12-28-18-20-36(40)34(24-28)32-16-10-14-30(22-32)26-38(42)44-4-2/h9-10,13-24,39-40H,3-8,11-12,25-26H2,1-2H3. The molecule has 0 heterocycles. The van der Waals surface area contributed by atoms with Crippen LogP contribution in [0.4, 0.5) is 0 Å². The van der Waals surface area contributed by atoms with Crippen LogP contribution in [0.2, 0.25) is 0 Å². The molecule has 0 aliphatic rings. The van der Waals surface area contributed by atoms with E-state index in [1.54, 1.807) is 26.0 Å². The van der Waals surface area contributed by atoms with Gasteiger partial charge in [0.25, 0.3) is 0 Å². The van der Waals surface area contributed by atoms with Crippen LogP contribution in [0, 0.1) is 0 Å². The van der Waals surface area contributed by atoms with Gasteiger partial charge in [-0.25, -0.2) is 0 Å². The number of carbonyl (C=O) groups excluding carboxylic acids is 2. The van der Waals surface area contributed by atoms with E-state index >= 15 is 0 Å². The molecule has 4 aromatic rings. The van der Waals surface area contributed by atoms with Crippen molar-refractivity contribution in [3.8, 4) is 33.8 Å². The van der Waals surface area contributed by atoms with Gasteiger partial charge in [0.15, 0.2) is 0 Å². The first kappa shape index (κ1) is 32.3. The summed E-state index contributed by atoms with van der Waals surface area (Å²) >= 11 is 0. The van der Waals surface area contributed by atoms with E-state index in [-0.39, 0.29) is 36.3 Å². The van der Waals surface area contributed by atoms with E-state index in [2.05, 4.69) is 0 Å². The Morgan fingerprint density at radius 3 is 1.39 bits per heavy atom. The van der Waals surface area contributed by atoms with Gasteiger partial charge in [-0.15, -0.1) is 0 Å². The molecule has 0 aromatic heterocycles. The van der Waals surface area contributed by atoms with Gasteiger partial charge in [0.2, 0.25) is 0 Å². The zero-order valence-corrected chi connectivity index (χ0v) is 25.7. The molecule has 4 rings (SSSR count). The lowest BCUT2D eigenvalue weighted by Gasteiger charge is -2.11. The summed E-state index contributed by atoms with van der Waals surface area (Å²) in [4.78, 5) is 23.8. The zero-order chi connectivity index (χ0) is 31.3. The van der Waals surface area contributed by atoms with Crippen LogP contribution in [-0.2, 0) is 44.7 Å². The van der Waals surface area contributed by atoms with Crippen molar-refractivity contribution in [2.75, 3.05) is 13.2 Å². The van der Waals surface area contributed by atoms with Crippen molar-refractivity contribution >= 4 is 11.9 Å². The maximum atomic E-state index is 11.9. The molecule has 0 saturated heterocycles. The lowest BCUT2D eigenvalue weighted by molar-refractivity contribution is -0.143. The first-order valence-corrected chi connectivity index (χ1v) is 15.5. The Balaban J connectivity index is 1.28. The molecule has 6 nitrogen and oxygen atoms in total. The van der Waals surface area contributed by atoms with Crippen LogP contribution in [0.3, 0.4) is 0 Å². The lowest BCUT2D eigenvalue weighted by atomic mass is 9.96. The molecule has 4 aromatic carbocycles. The summed E-state index contributed by atoms with van der Waals surface area (Å²) in [5, 5.41) is 21.1. The van der Waals surface area contributed by atoms with Gasteiger partial charge in [0.05, 0.1) is 26.1 Å². The molecular formula is C38H42O6. The second-order valence-corrected chi connectivity index (χ2v) is 11.0. The second kappa shape index (κ2) is 16.3. The van der Waals surface area contributed by atoms with Crippen molar-refractivity contribution in [1.29, 1.82) is 0 Å². The number of aryl methyl sites for hydroxylation is 2. The van der Waals surface area contributed by atoms with Crippen LogP contribution >= 0.6 is 0 Å². The molecule has 0 amide bonds. The molecule has 6 heteroatoms. The van der Waals surface area contributed by atoms with E-state index in [0.717, 1.165) is 71.9 Å². The van der Waals surface area contributed by atoms with Crippen molar-refractivity contribution in [2.24, 2.45) is 0 Å². The summed E-state index contributed by atoms with van der Waals surface area (Å²) in [6, 6.07) is 26.9. The molecule has 44 heavy (non-hydrogen) atoms. The highest BCUT2D eigenvalue weighted by molar-refractivity contribution is 5.76. The quantitative estimate of drug-likeness (QED) is 0.107. The minimum atomic E-state index is -0.258. The van der Waals surface area contributed by atoms with Crippen molar-refractivity contribution in [2.45, 2.75) is 65.2 Å². The second-order valence-electron chi connectivity index (χ2n) is 11.0. The topological polar surface area (TPSA) is 93.1 Å². The van der Waals surface area contributed by atoms with Crippen molar-refractivity contribution in [3.05, 3.63) is 107 Å². The van der Waals surface area contributed by atoms with Crippen LogP contribution in [0.5, 0.6) is 11.5 Å². The summed E-state index contributed by atoms with van der Waals surface area (Å²) in [6.45, 7) is 4.30. The van der Waals surface area contributed by atoms with Gasteiger partial charge in [-0.05, 0) is 97.2 Å². The third-order valence-electron chi connectivity index (χ3n) is 7.59.